The Morgan fingerprint density at radius 3 is 2.13 bits per heavy atom. The molecule has 3 heterocycles. The average molecular weight is 642 g/mol. The summed E-state index contributed by atoms with van der Waals surface area (Å²) in [6.07, 6.45) is 3.85. The van der Waals surface area contributed by atoms with Crippen molar-refractivity contribution >= 4 is 17.6 Å². The second kappa shape index (κ2) is 13.8. The molecule has 1 aliphatic carbocycles. The summed E-state index contributed by atoms with van der Waals surface area (Å²) in [6, 6.07) is 12.7. The number of likely N-dealkylation sites (tertiary alicyclic amines) is 2. The molecule has 0 aromatic heterocycles. The van der Waals surface area contributed by atoms with Crippen LogP contribution in [0.2, 0.25) is 0 Å². The first kappa shape index (κ1) is 32.7. The first-order valence-electron chi connectivity index (χ1n) is 17.0. The molecule has 3 saturated heterocycles. The van der Waals surface area contributed by atoms with Crippen LogP contribution in [0.15, 0.2) is 42.5 Å². The van der Waals surface area contributed by atoms with Crippen molar-refractivity contribution in [2.24, 2.45) is 11.8 Å². The molecule has 0 bridgehead atoms. The largest absolute Gasteiger partial charge is 0.497 e. The van der Waals surface area contributed by atoms with Crippen LogP contribution in [0.5, 0.6) is 5.75 Å². The third-order valence-electron chi connectivity index (χ3n) is 11.1. The molecule has 0 radical (unpaired) electrons. The number of hydrogen-bond donors (Lipinski definition) is 1. The van der Waals surface area contributed by atoms with Crippen molar-refractivity contribution in [1.82, 2.24) is 9.80 Å². The van der Waals surface area contributed by atoms with Gasteiger partial charge in [0.2, 0.25) is 5.91 Å². The fourth-order valence-corrected chi connectivity index (χ4v) is 8.37. The van der Waals surface area contributed by atoms with Gasteiger partial charge in [-0.3, -0.25) is 14.5 Å². The molecule has 1 amide bonds. The Bertz CT molecular complexity index is 1360. The van der Waals surface area contributed by atoms with E-state index in [9.17, 15) is 27.9 Å². The van der Waals surface area contributed by atoms with E-state index in [0.29, 0.717) is 63.6 Å². The molecule has 1 N–H and O–H groups in total. The number of halogens is 3. The zero-order valence-electron chi connectivity index (χ0n) is 26.7. The maximum absolute atomic E-state index is 14.2. The highest BCUT2D eigenvalue weighted by Crippen LogP contribution is 2.42. The summed E-state index contributed by atoms with van der Waals surface area (Å²) in [4.78, 5) is 32.2. The number of nitrogens with zero attached hydrogens (tertiary/aromatic N) is 3. The summed E-state index contributed by atoms with van der Waals surface area (Å²) in [5.74, 6) is -0.341. The van der Waals surface area contributed by atoms with Crippen LogP contribution in [0.1, 0.15) is 86.3 Å². The van der Waals surface area contributed by atoms with Crippen molar-refractivity contribution < 1.29 is 32.6 Å². The number of amides is 1. The molecule has 10 heteroatoms. The third kappa shape index (κ3) is 7.02. The van der Waals surface area contributed by atoms with Crippen molar-refractivity contribution in [3.05, 3.63) is 59.2 Å². The molecule has 2 aromatic carbocycles. The number of carbonyl (C=O) groups excluding carboxylic acids is 1. The summed E-state index contributed by atoms with van der Waals surface area (Å²) >= 11 is 0. The molecule has 0 spiro atoms. The molecule has 6 rings (SSSR count). The van der Waals surface area contributed by atoms with Crippen molar-refractivity contribution in [3.8, 4) is 5.75 Å². The fourth-order valence-electron chi connectivity index (χ4n) is 8.37. The van der Waals surface area contributed by atoms with Crippen LogP contribution in [0.4, 0.5) is 18.9 Å². The van der Waals surface area contributed by atoms with Crippen molar-refractivity contribution in [2.45, 2.75) is 81.8 Å². The fraction of sp³-hybridized carbons (Fsp3) is 0.611. The van der Waals surface area contributed by atoms with E-state index in [1.165, 1.54) is 38.2 Å². The molecule has 1 saturated carbocycles. The van der Waals surface area contributed by atoms with Crippen LogP contribution in [0.25, 0.3) is 0 Å². The number of alkyl halides is 3. The molecule has 3 aliphatic heterocycles. The minimum absolute atomic E-state index is 0.0261. The summed E-state index contributed by atoms with van der Waals surface area (Å²) in [5.41, 5.74) is 1.90. The number of benzene rings is 2. The lowest BCUT2D eigenvalue weighted by Gasteiger charge is -2.38. The molecule has 46 heavy (non-hydrogen) atoms. The third-order valence-corrected chi connectivity index (χ3v) is 11.1. The lowest BCUT2D eigenvalue weighted by Crippen LogP contribution is -2.44. The molecule has 250 valence electrons. The van der Waals surface area contributed by atoms with Gasteiger partial charge in [0.25, 0.3) is 0 Å². The minimum Gasteiger partial charge on any atom is -0.497 e. The van der Waals surface area contributed by atoms with Gasteiger partial charge < -0.3 is 19.6 Å². The smallest absolute Gasteiger partial charge is 0.416 e. The summed E-state index contributed by atoms with van der Waals surface area (Å²) in [6.45, 7) is 3.59. The monoisotopic (exact) mass is 641 g/mol. The zero-order chi connectivity index (χ0) is 32.4. The van der Waals surface area contributed by atoms with Gasteiger partial charge in [-0.25, -0.2) is 0 Å². The molecule has 7 nitrogen and oxygen atoms in total. The molecule has 0 unspecified atom stereocenters. The van der Waals surface area contributed by atoms with Gasteiger partial charge in [-0.1, -0.05) is 37.5 Å². The predicted octanol–water partition coefficient (Wildman–Crippen LogP) is 6.77. The topological polar surface area (TPSA) is 73.3 Å². The van der Waals surface area contributed by atoms with Crippen LogP contribution < -0.4 is 9.64 Å². The van der Waals surface area contributed by atoms with Gasteiger partial charge in [0.15, 0.2) is 0 Å². The number of carboxylic acid groups (broad SMARTS) is 1. The standard InChI is InChI=1S/C36H46F3N3O4/c1-46-29-10-7-24(8-11-29)31-22-42(28-5-3-2-4-6-28)23-32(31)34(43)41-19-13-25(14-20-41)30-12-9-27(36(37,38)39)21-33(30)40-17-15-26(16-18-40)35(44)45/h7-12,21,25-26,28,31-32H,2-6,13-20,22-23H2,1H3,(H,44,45)/t31-,32+/m0/s1. The van der Waals surface area contributed by atoms with E-state index in [1.807, 2.05) is 21.9 Å². The van der Waals surface area contributed by atoms with E-state index in [0.717, 1.165) is 36.0 Å². The molecule has 2 atom stereocenters. The van der Waals surface area contributed by atoms with E-state index in [-0.39, 0.29) is 23.7 Å². The Morgan fingerprint density at radius 2 is 1.52 bits per heavy atom. The minimum atomic E-state index is -4.46. The van der Waals surface area contributed by atoms with E-state index in [4.69, 9.17) is 4.74 Å². The van der Waals surface area contributed by atoms with E-state index in [2.05, 4.69) is 17.0 Å². The number of carbonyl (C=O) groups is 2. The summed E-state index contributed by atoms with van der Waals surface area (Å²) < 4.78 is 46.6. The maximum Gasteiger partial charge on any atom is 0.416 e. The Morgan fingerprint density at radius 1 is 0.848 bits per heavy atom. The normalized spacial score (nSPS) is 24.3. The first-order valence-corrected chi connectivity index (χ1v) is 17.0. The summed E-state index contributed by atoms with van der Waals surface area (Å²) in [5, 5.41) is 9.43. The average Bonchev–Trinajstić information content (AvgIpc) is 3.53. The quantitative estimate of drug-likeness (QED) is 0.360. The van der Waals surface area contributed by atoms with Crippen molar-refractivity contribution in [1.29, 1.82) is 0 Å². The van der Waals surface area contributed by atoms with Gasteiger partial charge in [0, 0.05) is 56.9 Å². The Labute approximate surface area is 269 Å². The van der Waals surface area contributed by atoms with Gasteiger partial charge in [-0.05, 0) is 79.8 Å². The summed E-state index contributed by atoms with van der Waals surface area (Å²) in [7, 11) is 1.65. The predicted molar refractivity (Wildman–Crippen MR) is 170 cm³/mol. The van der Waals surface area contributed by atoms with Crippen molar-refractivity contribution in [2.75, 3.05) is 51.3 Å². The highest BCUT2D eigenvalue weighted by Gasteiger charge is 2.43. The molecular weight excluding hydrogens is 595 g/mol. The Balaban J connectivity index is 1.17. The number of piperidine rings is 2. The Kier molecular flexibility index (Phi) is 9.83. The molecule has 4 aliphatic rings. The molecule has 2 aromatic rings. The van der Waals surface area contributed by atoms with Gasteiger partial charge in [-0.2, -0.15) is 13.2 Å². The van der Waals surface area contributed by atoms with Crippen LogP contribution in [0.3, 0.4) is 0 Å². The van der Waals surface area contributed by atoms with Crippen LogP contribution in [-0.2, 0) is 15.8 Å². The van der Waals surface area contributed by atoms with E-state index in [1.54, 1.807) is 13.2 Å². The Hall–Kier alpha value is -3.27. The SMILES string of the molecule is COc1ccc([C@@H]2CN(C3CCCCC3)C[C@H]2C(=O)N2CCC(c3ccc(C(F)(F)F)cc3N3CCC(C(=O)O)CC3)CC2)cc1. The number of hydrogen-bond acceptors (Lipinski definition) is 5. The number of methoxy groups -OCH3 is 1. The van der Waals surface area contributed by atoms with Crippen LogP contribution in [0, 0.1) is 11.8 Å². The van der Waals surface area contributed by atoms with Gasteiger partial charge in [-0.15, -0.1) is 0 Å². The van der Waals surface area contributed by atoms with E-state index < -0.39 is 23.6 Å². The van der Waals surface area contributed by atoms with Gasteiger partial charge >= 0.3 is 12.1 Å². The first-order chi connectivity index (χ1) is 22.1. The highest BCUT2D eigenvalue weighted by atomic mass is 19.4. The highest BCUT2D eigenvalue weighted by molar-refractivity contribution is 5.81. The van der Waals surface area contributed by atoms with Crippen LogP contribution in [-0.4, -0.2) is 79.2 Å². The second-order valence-corrected chi connectivity index (χ2v) is 13.7. The molecular formula is C36H46F3N3O4. The van der Waals surface area contributed by atoms with E-state index >= 15 is 0 Å². The lowest BCUT2D eigenvalue weighted by atomic mass is 9.84. The maximum atomic E-state index is 14.2. The number of aliphatic carboxylic acids is 1. The molecule has 4 fully saturated rings. The number of rotatable bonds is 7. The lowest BCUT2D eigenvalue weighted by molar-refractivity contribution is -0.142. The zero-order valence-corrected chi connectivity index (χ0v) is 26.7. The second-order valence-electron chi connectivity index (χ2n) is 13.7. The van der Waals surface area contributed by atoms with Gasteiger partial charge in [0.05, 0.1) is 24.5 Å². The number of anilines is 1. The van der Waals surface area contributed by atoms with Gasteiger partial charge in [0.1, 0.15) is 5.75 Å². The van der Waals surface area contributed by atoms with Crippen molar-refractivity contribution in [3.63, 3.8) is 0 Å². The number of carboxylic acids is 1. The van der Waals surface area contributed by atoms with Crippen LogP contribution >= 0.6 is 0 Å². The number of ether oxygens (including phenoxy) is 1.